The van der Waals surface area contributed by atoms with E-state index < -0.39 is 0 Å². The topological polar surface area (TPSA) is 69.5 Å². The molecule has 3 heterocycles. The fourth-order valence-electron chi connectivity index (χ4n) is 4.56. The molecule has 1 aliphatic heterocycles. The molecule has 7 nitrogen and oxygen atoms in total. The van der Waals surface area contributed by atoms with E-state index in [4.69, 9.17) is 9.47 Å². The molecule has 178 valence electrons. The van der Waals surface area contributed by atoms with Crippen molar-refractivity contribution in [2.75, 3.05) is 14.2 Å². The number of ether oxygens (including phenoxy) is 2. The molecule has 2 aromatic carbocycles. The summed E-state index contributed by atoms with van der Waals surface area (Å²) in [6.07, 6.45) is 4.20. The lowest BCUT2D eigenvalue weighted by atomic mass is 10.0. The van der Waals surface area contributed by atoms with Crippen LogP contribution < -0.4 is 4.74 Å². The summed E-state index contributed by atoms with van der Waals surface area (Å²) < 4.78 is 12.6. The average molecular weight is 469 g/mol. The Balaban J connectivity index is 1.37. The standard InChI is InChI=1S/C28H28N4O3/c1-34-23-12-8-21(9-13-23)17-32-19-30-25-15-26(28(33)35-2)31(18-27(25)32)16-20-6-10-22(11-7-20)24-5-3-4-14-29-24/h3-14,19,26H,15-18H2,1-2H3/t26-/m0/s1. The van der Waals surface area contributed by atoms with E-state index in [2.05, 4.69) is 55.8 Å². The van der Waals surface area contributed by atoms with Gasteiger partial charge in [-0.25, -0.2) is 4.98 Å². The second kappa shape index (κ2) is 10.1. The molecule has 35 heavy (non-hydrogen) atoms. The molecule has 1 atom stereocenters. The van der Waals surface area contributed by atoms with E-state index >= 15 is 0 Å². The van der Waals surface area contributed by atoms with Crippen LogP contribution in [0.15, 0.2) is 79.3 Å². The Labute approximate surface area is 205 Å². The summed E-state index contributed by atoms with van der Waals surface area (Å²) in [6.45, 7) is 1.96. The van der Waals surface area contributed by atoms with E-state index in [-0.39, 0.29) is 12.0 Å². The molecule has 0 fully saturated rings. The third kappa shape index (κ3) is 4.95. The number of imidazole rings is 1. The Hall–Kier alpha value is -3.97. The number of hydrogen-bond acceptors (Lipinski definition) is 6. The van der Waals surface area contributed by atoms with Crippen molar-refractivity contribution in [2.24, 2.45) is 0 Å². The summed E-state index contributed by atoms with van der Waals surface area (Å²) in [6, 6.07) is 21.9. The van der Waals surface area contributed by atoms with Crippen molar-refractivity contribution in [3.8, 4) is 17.0 Å². The zero-order chi connectivity index (χ0) is 24.2. The summed E-state index contributed by atoms with van der Waals surface area (Å²) >= 11 is 0. The minimum Gasteiger partial charge on any atom is -0.497 e. The Morgan fingerprint density at radius 2 is 1.69 bits per heavy atom. The maximum Gasteiger partial charge on any atom is 0.323 e. The molecule has 0 bridgehead atoms. The predicted octanol–water partition coefficient (Wildman–Crippen LogP) is 4.10. The summed E-state index contributed by atoms with van der Waals surface area (Å²) in [5.41, 5.74) is 6.39. The quantitative estimate of drug-likeness (QED) is 0.381. The van der Waals surface area contributed by atoms with Crippen LogP contribution in [0.4, 0.5) is 0 Å². The van der Waals surface area contributed by atoms with Gasteiger partial charge in [-0.15, -0.1) is 0 Å². The first-order chi connectivity index (χ1) is 17.1. The van der Waals surface area contributed by atoms with Gasteiger partial charge in [0, 0.05) is 37.8 Å². The monoisotopic (exact) mass is 468 g/mol. The van der Waals surface area contributed by atoms with Gasteiger partial charge in [-0.1, -0.05) is 42.5 Å². The van der Waals surface area contributed by atoms with Gasteiger partial charge in [-0.2, -0.15) is 0 Å². The Morgan fingerprint density at radius 3 is 2.37 bits per heavy atom. The van der Waals surface area contributed by atoms with Crippen molar-refractivity contribution >= 4 is 5.97 Å². The Kier molecular flexibility index (Phi) is 6.59. The summed E-state index contributed by atoms with van der Waals surface area (Å²) in [4.78, 5) is 23.9. The van der Waals surface area contributed by atoms with Crippen LogP contribution in [-0.2, 0) is 35.6 Å². The SMILES string of the molecule is COC(=O)[C@@H]1Cc2ncn(Cc3ccc(OC)cc3)c2CN1Cc1ccc(-c2ccccn2)cc1. The van der Waals surface area contributed by atoms with Gasteiger partial charge in [0.2, 0.25) is 0 Å². The molecule has 0 spiro atoms. The molecular weight excluding hydrogens is 440 g/mol. The predicted molar refractivity (Wildman–Crippen MR) is 133 cm³/mol. The number of carbonyl (C=O) groups excluding carboxylic acids is 1. The van der Waals surface area contributed by atoms with Gasteiger partial charge < -0.3 is 14.0 Å². The van der Waals surface area contributed by atoms with E-state index in [0.29, 0.717) is 26.1 Å². The summed E-state index contributed by atoms with van der Waals surface area (Å²) in [5, 5.41) is 0. The molecule has 0 N–H and O–H groups in total. The highest BCUT2D eigenvalue weighted by Crippen LogP contribution is 2.27. The lowest BCUT2D eigenvalue weighted by Crippen LogP contribution is -2.46. The first-order valence-corrected chi connectivity index (χ1v) is 11.6. The molecule has 7 heteroatoms. The second-order valence-electron chi connectivity index (χ2n) is 8.67. The molecule has 5 rings (SSSR count). The molecule has 0 unspecified atom stereocenters. The zero-order valence-corrected chi connectivity index (χ0v) is 19.9. The summed E-state index contributed by atoms with van der Waals surface area (Å²) in [5.74, 6) is 0.605. The minimum atomic E-state index is -0.368. The number of pyridine rings is 1. The van der Waals surface area contributed by atoms with E-state index in [1.807, 2.05) is 36.7 Å². The second-order valence-corrected chi connectivity index (χ2v) is 8.67. The summed E-state index contributed by atoms with van der Waals surface area (Å²) in [7, 11) is 3.11. The third-order valence-electron chi connectivity index (χ3n) is 6.50. The zero-order valence-electron chi connectivity index (χ0n) is 19.9. The highest BCUT2D eigenvalue weighted by molar-refractivity contribution is 5.76. The lowest BCUT2D eigenvalue weighted by Gasteiger charge is -2.34. The molecular formula is C28H28N4O3. The Bertz CT molecular complexity index is 1280. The van der Waals surface area contributed by atoms with Crippen molar-refractivity contribution in [2.45, 2.75) is 32.1 Å². The number of methoxy groups -OCH3 is 2. The number of fused-ring (bicyclic) bond motifs is 1. The third-order valence-corrected chi connectivity index (χ3v) is 6.50. The van der Waals surface area contributed by atoms with Crippen LogP contribution in [0.5, 0.6) is 5.75 Å². The minimum absolute atomic E-state index is 0.231. The number of nitrogens with zero attached hydrogens (tertiary/aromatic N) is 4. The molecule has 4 aromatic rings. The van der Waals surface area contributed by atoms with Gasteiger partial charge in [-0.05, 0) is 35.4 Å². The first kappa shape index (κ1) is 22.8. The van der Waals surface area contributed by atoms with Gasteiger partial charge >= 0.3 is 5.97 Å². The first-order valence-electron chi connectivity index (χ1n) is 11.6. The van der Waals surface area contributed by atoms with Gasteiger partial charge in [0.25, 0.3) is 0 Å². The lowest BCUT2D eigenvalue weighted by molar-refractivity contribution is -0.148. The van der Waals surface area contributed by atoms with Gasteiger partial charge in [0.05, 0.1) is 37.6 Å². The van der Waals surface area contributed by atoms with Gasteiger partial charge in [0.1, 0.15) is 11.8 Å². The van der Waals surface area contributed by atoms with Crippen molar-refractivity contribution in [3.63, 3.8) is 0 Å². The number of benzene rings is 2. The normalized spacial score (nSPS) is 15.4. The average Bonchev–Trinajstić information content (AvgIpc) is 3.30. The van der Waals surface area contributed by atoms with E-state index in [0.717, 1.165) is 39.5 Å². The smallest absolute Gasteiger partial charge is 0.323 e. The highest BCUT2D eigenvalue weighted by Gasteiger charge is 2.34. The number of hydrogen-bond donors (Lipinski definition) is 0. The highest BCUT2D eigenvalue weighted by atomic mass is 16.5. The van der Waals surface area contributed by atoms with Crippen LogP contribution >= 0.6 is 0 Å². The van der Waals surface area contributed by atoms with Crippen LogP contribution in [0.3, 0.4) is 0 Å². The molecule has 0 saturated heterocycles. The van der Waals surface area contributed by atoms with Crippen molar-refractivity contribution in [3.05, 3.63) is 102 Å². The van der Waals surface area contributed by atoms with E-state index in [1.54, 1.807) is 13.3 Å². The molecule has 0 aliphatic carbocycles. The van der Waals surface area contributed by atoms with Crippen LogP contribution in [0.25, 0.3) is 11.3 Å². The van der Waals surface area contributed by atoms with E-state index in [9.17, 15) is 4.79 Å². The van der Waals surface area contributed by atoms with Gasteiger partial charge in [-0.3, -0.25) is 14.7 Å². The number of rotatable bonds is 7. The van der Waals surface area contributed by atoms with Crippen molar-refractivity contribution in [1.29, 1.82) is 0 Å². The Morgan fingerprint density at radius 1 is 0.943 bits per heavy atom. The molecule has 2 aromatic heterocycles. The number of carbonyl (C=O) groups is 1. The number of aromatic nitrogens is 3. The van der Waals surface area contributed by atoms with Crippen molar-refractivity contribution in [1.82, 2.24) is 19.4 Å². The largest absolute Gasteiger partial charge is 0.497 e. The number of esters is 1. The van der Waals surface area contributed by atoms with Crippen LogP contribution in [0, 0.1) is 0 Å². The maximum atomic E-state index is 12.7. The van der Waals surface area contributed by atoms with Crippen LogP contribution in [0.1, 0.15) is 22.5 Å². The fourth-order valence-corrected chi connectivity index (χ4v) is 4.56. The van der Waals surface area contributed by atoms with Crippen LogP contribution in [-0.4, -0.2) is 45.7 Å². The maximum absolute atomic E-state index is 12.7. The van der Waals surface area contributed by atoms with Crippen molar-refractivity contribution < 1.29 is 14.3 Å². The van der Waals surface area contributed by atoms with Gasteiger partial charge in [0.15, 0.2) is 0 Å². The van der Waals surface area contributed by atoms with E-state index in [1.165, 1.54) is 7.11 Å². The molecule has 0 saturated carbocycles. The molecule has 0 amide bonds. The molecule has 1 aliphatic rings. The molecule has 0 radical (unpaired) electrons. The van der Waals surface area contributed by atoms with Crippen LogP contribution in [0.2, 0.25) is 0 Å². The fraction of sp³-hybridized carbons (Fsp3) is 0.250.